The van der Waals surface area contributed by atoms with Crippen LogP contribution in [0, 0.1) is 34.0 Å². The van der Waals surface area contributed by atoms with Gasteiger partial charge in [-0.1, -0.05) is 194 Å². The Morgan fingerprint density at radius 3 is 0.744 bits per heavy atom. The standard InChI is InChI=1S/C8H16.2C7H14.C6H12.C5H12.C4H10.C2H6/c1-8(2)6-4-3-5-7-8;1-7(2)5-3-4-6-7;1-7-5-3-2-4-6-7;1-6-4-2-3-5-6;1-5(2,3)4;1-4(2)3;1-2/h3-7H2,1-2H3;3-6H2,1-2H3;7H,2-6H2,1H3;6H,2-5H2,1H3;1-4H3;4H,1-3H3;1-2H3. The second-order valence-corrected chi connectivity index (χ2v) is 17.0. The number of hydrogen-bond acceptors (Lipinski definition) is 0. The van der Waals surface area contributed by atoms with Gasteiger partial charge in [-0.15, -0.1) is 0 Å². The SMILES string of the molecule is CC.CC(C)(C)C.CC(C)C.CC1(C)CCCC1.CC1(C)CCCCC1.CC1CCCC1.CC1CCCCC1. The van der Waals surface area contributed by atoms with Crippen LogP contribution in [0.15, 0.2) is 0 Å². The molecule has 0 heterocycles. The number of rotatable bonds is 0. The second kappa shape index (κ2) is 25.7. The molecule has 0 nitrogen and oxygen atoms in total. The summed E-state index contributed by atoms with van der Waals surface area (Å²) < 4.78 is 0. The summed E-state index contributed by atoms with van der Waals surface area (Å²) >= 11 is 0. The van der Waals surface area contributed by atoms with Gasteiger partial charge in [-0.3, -0.25) is 0 Å². The fourth-order valence-electron chi connectivity index (χ4n) is 5.28. The van der Waals surface area contributed by atoms with Crippen molar-refractivity contribution in [3.63, 3.8) is 0 Å². The average Bonchev–Trinajstić information content (AvgIpc) is 3.45. The minimum Gasteiger partial charge on any atom is -0.0683 e. The smallest absolute Gasteiger partial charge is 0.0354 e. The lowest BCUT2D eigenvalue weighted by atomic mass is 9.78. The highest BCUT2D eigenvalue weighted by Crippen LogP contribution is 2.36. The van der Waals surface area contributed by atoms with Crippen molar-refractivity contribution in [1.82, 2.24) is 0 Å². The molecule has 0 atom stereocenters. The molecule has 0 amide bonds. The van der Waals surface area contributed by atoms with Gasteiger partial charge in [0.25, 0.3) is 0 Å². The molecule has 0 aromatic heterocycles. The summed E-state index contributed by atoms with van der Waals surface area (Å²) in [6.45, 7) is 33.4. The van der Waals surface area contributed by atoms with E-state index in [0.29, 0.717) is 16.2 Å². The topological polar surface area (TPSA) is 0 Å². The molecule has 4 aliphatic rings. The quantitative estimate of drug-likeness (QED) is 0.280. The van der Waals surface area contributed by atoms with Crippen LogP contribution in [0.4, 0.5) is 0 Å². The molecule has 0 unspecified atom stereocenters. The fourth-order valence-corrected chi connectivity index (χ4v) is 5.28. The lowest BCUT2D eigenvalue weighted by Crippen LogP contribution is -2.14. The van der Waals surface area contributed by atoms with Crippen LogP contribution in [0.3, 0.4) is 0 Å². The van der Waals surface area contributed by atoms with Gasteiger partial charge in [-0.2, -0.15) is 0 Å². The summed E-state index contributed by atoms with van der Waals surface area (Å²) in [6, 6.07) is 0. The molecule has 0 heteroatoms. The van der Waals surface area contributed by atoms with E-state index in [9.17, 15) is 0 Å². The molecule has 39 heavy (non-hydrogen) atoms. The van der Waals surface area contributed by atoms with Gasteiger partial charge in [-0.05, 0) is 59.7 Å². The molecule has 4 rings (SSSR count). The van der Waals surface area contributed by atoms with Crippen molar-refractivity contribution >= 4 is 0 Å². The molecule has 0 spiro atoms. The zero-order valence-electron chi connectivity index (χ0n) is 31.0. The first-order valence-electron chi connectivity index (χ1n) is 17.9. The first kappa shape index (κ1) is 43.5. The summed E-state index contributed by atoms with van der Waals surface area (Å²) in [6.07, 6.45) is 26.5. The van der Waals surface area contributed by atoms with Gasteiger partial charge in [0.15, 0.2) is 0 Å². The zero-order chi connectivity index (χ0) is 31.0. The summed E-state index contributed by atoms with van der Waals surface area (Å²) in [5.41, 5.74) is 1.87. The molecule has 0 aliphatic heterocycles. The first-order chi connectivity index (χ1) is 17.9. The lowest BCUT2D eigenvalue weighted by molar-refractivity contribution is 0.244. The van der Waals surface area contributed by atoms with E-state index in [1.807, 2.05) is 13.8 Å². The molecule has 4 fully saturated rings. The minimum atomic E-state index is 0.500. The maximum atomic E-state index is 2.38. The molecule has 4 aliphatic carbocycles. The van der Waals surface area contributed by atoms with Crippen LogP contribution >= 0.6 is 0 Å². The van der Waals surface area contributed by atoms with Gasteiger partial charge in [-0.25, -0.2) is 0 Å². The summed E-state index contributed by atoms with van der Waals surface area (Å²) in [5.74, 6) is 2.92. The summed E-state index contributed by atoms with van der Waals surface area (Å²) in [7, 11) is 0. The third kappa shape index (κ3) is 42.6. The van der Waals surface area contributed by atoms with Crippen molar-refractivity contribution < 1.29 is 0 Å². The Morgan fingerprint density at radius 2 is 0.641 bits per heavy atom. The van der Waals surface area contributed by atoms with E-state index in [2.05, 4.69) is 90.0 Å². The van der Waals surface area contributed by atoms with Crippen molar-refractivity contribution in [1.29, 1.82) is 0 Å². The van der Waals surface area contributed by atoms with Gasteiger partial charge in [0, 0.05) is 0 Å². The van der Waals surface area contributed by atoms with Crippen LogP contribution in [0.25, 0.3) is 0 Å². The van der Waals surface area contributed by atoms with Gasteiger partial charge in [0.05, 0.1) is 0 Å². The molecule has 0 radical (unpaired) electrons. The Morgan fingerprint density at radius 1 is 0.462 bits per heavy atom. The first-order valence-corrected chi connectivity index (χ1v) is 17.9. The van der Waals surface area contributed by atoms with Gasteiger partial charge >= 0.3 is 0 Å². The Bertz CT molecular complexity index is 438. The Kier molecular flexibility index (Phi) is 28.6. The van der Waals surface area contributed by atoms with E-state index in [0.717, 1.165) is 17.8 Å². The molecule has 0 aromatic carbocycles. The summed E-state index contributed by atoms with van der Waals surface area (Å²) in [5, 5.41) is 0. The van der Waals surface area contributed by atoms with E-state index >= 15 is 0 Å². The average molecular weight is 553 g/mol. The van der Waals surface area contributed by atoms with Crippen molar-refractivity contribution in [3.05, 3.63) is 0 Å². The maximum absolute atomic E-state index is 2.38. The lowest BCUT2D eigenvalue weighted by Gasteiger charge is -2.28. The monoisotopic (exact) mass is 553 g/mol. The van der Waals surface area contributed by atoms with Crippen LogP contribution < -0.4 is 0 Å². The van der Waals surface area contributed by atoms with Crippen LogP contribution in [-0.2, 0) is 0 Å². The normalized spacial score (nSPS) is 21.8. The largest absolute Gasteiger partial charge is 0.0683 e. The molecule has 0 saturated heterocycles. The van der Waals surface area contributed by atoms with Crippen LogP contribution in [-0.4, -0.2) is 0 Å². The minimum absolute atomic E-state index is 0.500. The number of hydrogen-bond donors (Lipinski definition) is 0. The van der Waals surface area contributed by atoms with Crippen LogP contribution in [0.1, 0.15) is 219 Å². The summed E-state index contributed by atoms with van der Waals surface area (Å²) in [4.78, 5) is 0. The van der Waals surface area contributed by atoms with Crippen LogP contribution in [0.5, 0.6) is 0 Å². The van der Waals surface area contributed by atoms with Crippen molar-refractivity contribution in [2.45, 2.75) is 219 Å². The van der Waals surface area contributed by atoms with Crippen molar-refractivity contribution in [2.75, 3.05) is 0 Å². The third-order valence-electron chi connectivity index (χ3n) is 7.70. The molecule has 0 aromatic rings. The molecule has 0 N–H and O–H groups in total. The van der Waals surface area contributed by atoms with Gasteiger partial charge in [0.1, 0.15) is 0 Å². The highest BCUT2D eigenvalue weighted by atomic mass is 14.3. The predicted octanol–water partition coefficient (Wildman–Crippen LogP) is 15.1. The molecular weight excluding hydrogens is 468 g/mol. The highest BCUT2D eigenvalue weighted by molar-refractivity contribution is 4.74. The Hall–Kier alpha value is 0. The third-order valence-corrected chi connectivity index (χ3v) is 7.70. The fraction of sp³-hybridized carbons (Fsp3) is 1.00. The Labute approximate surface area is 253 Å². The highest BCUT2D eigenvalue weighted by Gasteiger charge is 2.22. The zero-order valence-corrected chi connectivity index (χ0v) is 31.0. The second-order valence-electron chi connectivity index (χ2n) is 17.0. The van der Waals surface area contributed by atoms with Crippen LogP contribution in [0.2, 0.25) is 0 Å². The van der Waals surface area contributed by atoms with E-state index in [-0.39, 0.29) is 0 Å². The van der Waals surface area contributed by atoms with E-state index < -0.39 is 0 Å². The van der Waals surface area contributed by atoms with Crippen molar-refractivity contribution in [2.24, 2.45) is 34.0 Å². The van der Waals surface area contributed by atoms with Crippen molar-refractivity contribution in [3.8, 4) is 0 Å². The maximum Gasteiger partial charge on any atom is -0.0354 e. The molecule has 240 valence electrons. The molecule has 4 saturated carbocycles. The van der Waals surface area contributed by atoms with Gasteiger partial charge in [0.2, 0.25) is 0 Å². The predicted molar refractivity (Wildman–Crippen MR) is 186 cm³/mol. The molecular formula is C39H84. The molecule has 0 bridgehead atoms. The van der Waals surface area contributed by atoms with E-state index in [1.165, 1.54) is 116 Å². The van der Waals surface area contributed by atoms with E-state index in [1.54, 1.807) is 0 Å². The van der Waals surface area contributed by atoms with E-state index in [4.69, 9.17) is 0 Å². The van der Waals surface area contributed by atoms with Gasteiger partial charge < -0.3 is 0 Å². The Balaban J connectivity index is -0.000000399.